The van der Waals surface area contributed by atoms with Crippen molar-refractivity contribution in [2.75, 3.05) is 0 Å². The Morgan fingerprint density at radius 3 is 1.05 bits per heavy atom. The van der Waals surface area contributed by atoms with Crippen molar-refractivity contribution in [3.8, 4) is 22.3 Å². The number of aryl methyl sites for hydroxylation is 2. The van der Waals surface area contributed by atoms with Crippen molar-refractivity contribution in [2.45, 2.75) is 111 Å². The van der Waals surface area contributed by atoms with Gasteiger partial charge >= 0.3 is 364 Å². The molecule has 2 aliphatic rings. The average Bonchev–Trinajstić information content (AvgIpc) is 3.76. The molecule has 335 valence electrons. The van der Waals surface area contributed by atoms with E-state index in [4.69, 9.17) is 17.0 Å². The fourth-order valence-electron chi connectivity index (χ4n) is 9.70. The van der Waals surface area contributed by atoms with Crippen molar-refractivity contribution in [3.05, 3.63) is 127 Å². The summed E-state index contributed by atoms with van der Waals surface area (Å²) in [7, 11) is 16.9. The molecule has 0 spiro atoms. The van der Waals surface area contributed by atoms with Crippen LogP contribution in [0.15, 0.2) is 71.8 Å². The summed E-state index contributed by atoms with van der Waals surface area (Å²) < 4.78 is 170. The molecule has 0 saturated carbocycles. The molecule has 0 heterocycles. The normalized spacial score (nSPS) is 17.8. The molecule has 62 heavy (non-hydrogen) atoms. The molecule has 0 aromatic heterocycles. The molecule has 0 saturated heterocycles. The van der Waals surface area contributed by atoms with Crippen LogP contribution in [0.2, 0.25) is 13.1 Å². The van der Waals surface area contributed by atoms with Gasteiger partial charge in [0.15, 0.2) is 0 Å². The van der Waals surface area contributed by atoms with Gasteiger partial charge in [0.2, 0.25) is 0 Å². The van der Waals surface area contributed by atoms with Gasteiger partial charge in [0.25, 0.3) is 0 Å². The monoisotopic (exact) mass is 1010 g/mol. The quantitative estimate of drug-likeness (QED) is 0.104. The minimum atomic E-state index is -5.75. The summed E-state index contributed by atoms with van der Waals surface area (Å²) in [5.41, 5.74) is -1.24. The van der Waals surface area contributed by atoms with Crippen LogP contribution in [0.4, 0.5) is 52.7 Å². The van der Waals surface area contributed by atoms with Crippen LogP contribution in [-0.2, 0) is 53.1 Å². The van der Waals surface area contributed by atoms with Gasteiger partial charge in [-0.1, -0.05) is 0 Å². The Morgan fingerprint density at radius 1 is 0.500 bits per heavy atom. The van der Waals surface area contributed by atoms with Gasteiger partial charge in [0.05, 0.1) is 0 Å². The SMILES string of the molecule is CCCc1ccc2c(c1-c1cc(C(F)(F)F)cc(C(F)(F)F)c1)C=C(CC)[CH]2[Zr]([Cl])([Cl])([CH]1C(CC)=Cc2c1ccc(CCC)c2-c1cc(C(F)(F)F)cc(C(F)(F)F)c1)[SiH](C)C. The van der Waals surface area contributed by atoms with Crippen LogP contribution >= 0.6 is 17.0 Å². The van der Waals surface area contributed by atoms with Gasteiger partial charge < -0.3 is 0 Å². The van der Waals surface area contributed by atoms with Crippen LogP contribution in [-0.4, -0.2) is 5.92 Å². The van der Waals surface area contributed by atoms with Gasteiger partial charge in [-0.25, -0.2) is 0 Å². The van der Waals surface area contributed by atoms with Crippen molar-refractivity contribution >= 4 is 35.1 Å². The molecule has 0 radical (unpaired) electrons. The van der Waals surface area contributed by atoms with Crippen LogP contribution in [0.1, 0.15) is 116 Å². The topological polar surface area (TPSA) is 0 Å². The fourth-order valence-corrected chi connectivity index (χ4v) is 41.5. The summed E-state index contributed by atoms with van der Waals surface area (Å²) in [5, 5.41) is 0. The van der Waals surface area contributed by atoms with E-state index >= 15 is 0 Å². The molecule has 0 nitrogen and oxygen atoms in total. The van der Waals surface area contributed by atoms with Gasteiger partial charge in [-0.3, -0.25) is 0 Å². The van der Waals surface area contributed by atoms with Crippen molar-refractivity contribution < 1.29 is 68.2 Å². The molecule has 0 bridgehead atoms. The third kappa shape index (κ3) is 8.57. The first-order valence-corrected chi connectivity index (χ1v) is 36.8. The van der Waals surface area contributed by atoms with E-state index in [0.29, 0.717) is 71.9 Å². The number of alkyl halides is 12. The number of allylic oxidation sites excluding steroid dienone is 2. The second kappa shape index (κ2) is 16.9. The average molecular weight is 1020 g/mol. The molecule has 0 amide bonds. The Bertz CT molecular complexity index is 2230. The van der Waals surface area contributed by atoms with E-state index in [1.165, 1.54) is 0 Å². The third-order valence-corrected chi connectivity index (χ3v) is 64.4. The molecular formula is C46H45Cl2F12SiZr. The maximum absolute atomic E-state index is 14.3. The first-order valence-electron chi connectivity index (χ1n) is 20.5. The summed E-state index contributed by atoms with van der Waals surface area (Å²) in [6.45, 7) is 11.4. The summed E-state index contributed by atoms with van der Waals surface area (Å²) in [6, 6.07) is 10.2. The van der Waals surface area contributed by atoms with E-state index in [0.717, 1.165) is 35.4 Å². The second-order valence-corrected chi connectivity index (χ2v) is 59.2. The van der Waals surface area contributed by atoms with E-state index in [1.54, 1.807) is 24.3 Å². The predicted molar refractivity (Wildman–Crippen MR) is 224 cm³/mol. The Balaban J connectivity index is 1.67. The van der Waals surface area contributed by atoms with Crippen LogP contribution in [0, 0.1) is 0 Å². The first-order chi connectivity index (χ1) is 28.6. The molecular weight excluding hydrogens is 971 g/mol. The van der Waals surface area contributed by atoms with E-state index in [1.807, 2.05) is 52.9 Å². The standard InChI is InChI=1S/2C22H19F6.C2H7Si.2ClH.Zr/c2*1-3-5-14-6-7-15-8-13(4-2)9-19(15)20(14)16-10-17(21(23,24)25)12-18(11-16)22(26,27)28;1-3-2;;;/h2*6-12H,3-5H2,1-2H3;3H,1-2H3;2*1H;/q;;;;;+2/p-2. The Hall–Kier alpha value is -2.80. The molecule has 0 fully saturated rings. The number of fused-ring (bicyclic) bond motifs is 2. The van der Waals surface area contributed by atoms with Crippen molar-refractivity contribution in [1.29, 1.82) is 0 Å². The second-order valence-electron chi connectivity index (χ2n) is 16.7. The number of rotatable bonds is 11. The van der Waals surface area contributed by atoms with Crippen LogP contribution in [0.5, 0.6) is 0 Å². The van der Waals surface area contributed by atoms with Crippen molar-refractivity contribution in [1.82, 2.24) is 0 Å². The van der Waals surface area contributed by atoms with Crippen LogP contribution < -0.4 is 0 Å². The predicted octanol–water partition coefficient (Wildman–Crippen LogP) is 17.4. The minimum absolute atomic E-state index is 0.0975. The van der Waals surface area contributed by atoms with Gasteiger partial charge in [0.1, 0.15) is 0 Å². The Kier molecular flexibility index (Phi) is 13.2. The number of benzene rings is 4. The number of hydrogen-bond donors (Lipinski definition) is 0. The van der Waals surface area contributed by atoms with Gasteiger partial charge in [-0.2, -0.15) is 0 Å². The summed E-state index contributed by atoms with van der Waals surface area (Å²) >= 11 is -5.75. The molecule has 16 heteroatoms. The van der Waals surface area contributed by atoms with Crippen LogP contribution in [0.25, 0.3) is 34.4 Å². The van der Waals surface area contributed by atoms with E-state index in [-0.39, 0.29) is 34.4 Å². The molecule has 2 unspecified atom stereocenters. The molecule has 0 aliphatic heterocycles. The summed E-state index contributed by atoms with van der Waals surface area (Å²) in [4.78, 5) is 0. The third-order valence-electron chi connectivity index (χ3n) is 12.6. The number of halogens is 14. The van der Waals surface area contributed by atoms with E-state index in [9.17, 15) is 52.7 Å². The Morgan fingerprint density at radius 2 is 0.806 bits per heavy atom. The Labute approximate surface area is 362 Å². The van der Waals surface area contributed by atoms with Crippen LogP contribution in [0.3, 0.4) is 0 Å². The van der Waals surface area contributed by atoms with Crippen molar-refractivity contribution in [3.63, 3.8) is 0 Å². The zero-order valence-corrected chi connectivity index (χ0v) is 39.8. The molecule has 2 aliphatic carbocycles. The van der Waals surface area contributed by atoms with E-state index < -0.39 is 75.7 Å². The molecule has 4 aromatic carbocycles. The van der Waals surface area contributed by atoms with Gasteiger partial charge in [-0.15, -0.1) is 0 Å². The summed E-state index contributed by atoms with van der Waals surface area (Å²) in [5.74, 6) is -2.33. The fraction of sp³-hybridized carbons (Fsp3) is 0.391. The van der Waals surface area contributed by atoms with Gasteiger partial charge in [-0.05, 0) is 0 Å². The molecule has 2 atom stereocenters. The number of hydrogen-bond acceptors (Lipinski definition) is 0. The molecule has 4 aromatic rings. The summed E-state index contributed by atoms with van der Waals surface area (Å²) in [6.07, 6.45) is -14.3. The molecule has 6 rings (SSSR count). The zero-order chi connectivity index (χ0) is 46.1. The molecule has 0 N–H and O–H groups in total. The van der Waals surface area contributed by atoms with E-state index in [2.05, 4.69) is 0 Å². The zero-order valence-electron chi connectivity index (χ0n) is 34.7. The van der Waals surface area contributed by atoms with Crippen molar-refractivity contribution in [2.24, 2.45) is 0 Å². The van der Waals surface area contributed by atoms with Gasteiger partial charge in [0, 0.05) is 0 Å². The first kappa shape index (κ1) is 48.7. The maximum atomic E-state index is 14.3.